The van der Waals surface area contributed by atoms with Crippen molar-refractivity contribution in [2.24, 2.45) is 0 Å². The molecule has 3 aromatic rings. The first kappa shape index (κ1) is 18.2. The van der Waals surface area contributed by atoms with Crippen molar-refractivity contribution in [3.63, 3.8) is 0 Å². The third-order valence-electron chi connectivity index (χ3n) is 5.64. The molecular weight excluding hydrogens is 352 g/mol. The number of aryl methyl sites for hydroxylation is 1. The summed E-state index contributed by atoms with van der Waals surface area (Å²) in [7, 11) is 0. The predicted molar refractivity (Wildman–Crippen MR) is 112 cm³/mol. The maximum atomic E-state index is 13.1. The molecular formula is C23H26N2OS. The summed E-state index contributed by atoms with van der Waals surface area (Å²) in [5, 5.41) is 2.13. The van der Waals surface area contributed by atoms with Crippen molar-refractivity contribution in [3.8, 4) is 0 Å². The van der Waals surface area contributed by atoms with Crippen LogP contribution < -0.4 is 0 Å². The number of thiophene rings is 1. The van der Waals surface area contributed by atoms with Gasteiger partial charge in [0.1, 0.15) is 0 Å². The van der Waals surface area contributed by atoms with Gasteiger partial charge in [-0.25, -0.2) is 0 Å². The van der Waals surface area contributed by atoms with Crippen LogP contribution >= 0.6 is 11.3 Å². The van der Waals surface area contributed by atoms with Gasteiger partial charge in [0.2, 0.25) is 0 Å². The molecule has 140 valence electrons. The Kier molecular flexibility index (Phi) is 5.28. The zero-order valence-electron chi connectivity index (χ0n) is 16.0. The molecule has 1 fully saturated rings. The van der Waals surface area contributed by atoms with Gasteiger partial charge in [-0.05, 0) is 56.3 Å². The first-order chi connectivity index (χ1) is 13.1. The number of aromatic nitrogens is 1. The standard InChI is InChI=1S/C23H26N2OS/c1-17-14-20(18(2)25(17)15-19-8-4-3-5-9-19)22(26)16-24-12-6-10-21(24)23-11-7-13-27-23/h3-5,7-9,11,13-14,21H,6,10,12,15-16H2,1-2H3. The Bertz CT molecular complexity index is 912. The van der Waals surface area contributed by atoms with E-state index in [0.717, 1.165) is 36.5 Å². The second-order valence-corrected chi connectivity index (χ2v) is 8.40. The van der Waals surface area contributed by atoms with E-state index >= 15 is 0 Å². The Morgan fingerprint density at radius 2 is 1.96 bits per heavy atom. The number of carbonyl (C=O) groups excluding carboxylic acids is 1. The van der Waals surface area contributed by atoms with Crippen LogP contribution in [0.5, 0.6) is 0 Å². The maximum Gasteiger partial charge on any atom is 0.178 e. The van der Waals surface area contributed by atoms with E-state index in [1.807, 2.05) is 6.07 Å². The van der Waals surface area contributed by atoms with E-state index in [2.05, 4.69) is 71.2 Å². The number of carbonyl (C=O) groups is 1. The van der Waals surface area contributed by atoms with Crippen LogP contribution in [-0.4, -0.2) is 28.3 Å². The molecule has 0 N–H and O–H groups in total. The molecule has 0 aliphatic carbocycles. The van der Waals surface area contributed by atoms with Crippen molar-refractivity contribution in [1.82, 2.24) is 9.47 Å². The van der Waals surface area contributed by atoms with E-state index < -0.39 is 0 Å². The van der Waals surface area contributed by atoms with Crippen LogP contribution in [0.15, 0.2) is 53.9 Å². The van der Waals surface area contributed by atoms with E-state index in [9.17, 15) is 4.79 Å². The Balaban J connectivity index is 1.51. The summed E-state index contributed by atoms with van der Waals surface area (Å²) in [6.07, 6.45) is 2.32. The number of benzene rings is 1. The quantitative estimate of drug-likeness (QED) is 0.549. The van der Waals surface area contributed by atoms with Crippen LogP contribution in [-0.2, 0) is 6.54 Å². The third-order valence-corrected chi connectivity index (χ3v) is 6.61. The minimum Gasteiger partial charge on any atom is -0.344 e. The first-order valence-corrected chi connectivity index (χ1v) is 10.5. The van der Waals surface area contributed by atoms with Gasteiger partial charge in [0.15, 0.2) is 5.78 Å². The number of ketones is 1. The van der Waals surface area contributed by atoms with Gasteiger partial charge in [-0.3, -0.25) is 9.69 Å². The zero-order valence-corrected chi connectivity index (χ0v) is 16.8. The number of hydrogen-bond acceptors (Lipinski definition) is 3. The SMILES string of the molecule is Cc1cc(C(=O)CN2CCCC2c2cccs2)c(C)n1Cc1ccccc1. The Morgan fingerprint density at radius 1 is 1.15 bits per heavy atom. The van der Waals surface area contributed by atoms with Crippen molar-refractivity contribution >= 4 is 17.1 Å². The predicted octanol–water partition coefficient (Wildman–Crippen LogP) is 5.23. The van der Waals surface area contributed by atoms with Gasteiger partial charge in [0, 0.05) is 34.4 Å². The zero-order chi connectivity index (χ0) is 18.8. The van der Waals surface area contributed by atoms with Gasteiger partial charge < -0.3 is 4.57 Å². The molecule has 27 heavy (non-hydrogen) atoms. The molecule has 1 saturated heterocycles. The smallest absolute Gasteiger partial charge is 0.178 e. The van der Waals surface area contributed by atoms with E-state index in [4.69, 9.17) is 0 Å². The van der Waals surface area contributed by atoms with Crippen LogP contribution in [0.4, 0.5) is 0 Å². The van der Waals surface area contributed by atoms with Crippen molar-refractivity contribution in [2.45, 2.75) is 39.3 Å². The molecule has 4 heteroatoms. The second kappa shape index (κ2) is 7.83. The van der Waals surface area contributed by atoms with Crippen LogP contribution in [0.1, 0.15) is 51.1 Å². The summed E-state index contributed by atoms with van der Waals surface area (Å²) in [4.78, 5) is 16.8. The van der Waals surface area contributed by atoms with Gasteiger partial charge in [0.25, 0.3) is 0 Å². The van der Waals surface area contributed by atoms with E-state index in [1.54, 1.807) is 11.3 Å². The lowest BCUT2D eigenvalue weighted by molar-refractivity contribution is 0.0922. The number of rotatable bonds is 6. The number of hydrogen-bond donors (Lipinski definition) is 0. The van der Waals surface area contributed by atoms with Crippen molar-refractivity contribution in [1.29, 1.82) is 0 Å². The van der Waals surface area contributed by atoms with E-state index in [1.165, 1.54) is 16.9 Å². The van der Waals surface area contributed by atoms with Crippen LogP contribution in [0.25, 0.3) is 0 Å². The molecule has 2 aromatic heterocycles. The lowest BCUT2D eigenvalue weighted by Gasteiger charge is -2.22. The first-order valence-electron chi connectivity index (χ1n) is 9.65. The molecule has 0 amide bonds. The Morgan fingerprint density at radius 3 is 2.70 bits per heavy atom. The molecule has 0 bridgehead atoms. The van der Waals surface area contributed by atoms with Crippen molar-refractivity contribution in [3.05, 3.63) is 81.3 Å². The number of likely N-dealkylation sites (tertiary alicyclic amines) is 1. The highest BCUT2D eigenvalue weighted by molar-refractivity contribution is 7.10. The monoisotopic (exact) mass is 378 g/mol. The molecule has 3 nitrogen and oxygen atoms in total. The lowest BCUT2D eigenvalue weighted by atomic mass is 10.1. The summed E-state index contributed by atoms with van der Waals surface area (Å²) >= 11 is 1.80. The summed E-state index contributed by atoms with van der Waals surface area (Å²) in [5.41, 5.74) is 4.36. The van der Waals surface area contributed by atoms with Crippen LogP contribution in [0.3, 0.4) is 0 Å². The maximum absolute atomic E-state index is 13.1. The Hall–Kier alpha value is -2.17. The molecule has 0 saturated carbocycles. The second-order valence-electron chi connectivity index (χ2n) is 7.42. The number of nitrogens with zero attached hydrogens (tertiary/aromatic N) is 2. The number of Topliss-reactive ketones (excluding diaryl/α,β-unsaturated/α-hetero) is 1. The molecule has 1 aliphatic rings. The fourth-order valence-electron chi connectivity index (χ4n) is 4.18. The molecule has 1 aromatic carbocycles. The summed E-state index contributed by atoms with van der Waals surface area (Å²) in [6.45, 7) is 6.50. The van der Waals surface area contributed by atoms with E-state index in [0.29, 0.717) is 12.6 Å². The van der Waals surface area contributed by atoms with Crippen molar-refractivity contribution < 1.29 is 4.79 Å². The fraction of sp³-hybridized carbons (Fsp3) is 0.348. The highest BCUT2D eigenvalue weighted by Gasteiger charge is 2.29. The summed E-state index contributed by atoms with van der Waals surface area (Å²) < 4.78 is 2.25. The fourth-order valence-corrected chi connectivity index (χ4v) is 5.08. The van der Waals surface area contributed by atoms with Gasteiger partial charge in [-0.2, -0.15) is 0 Å². The molecule has 3 heterocycles. The van der Waals surface area contributed by atoms with Crippen LogP contribution in [0, 0.1) is 13.8 Å². The molecule has 0 radical (unpaired) electrons. The van der Waals surface area contributed by atoms with Crippen molar-refractivity contribution in [2.75, 3.05) is 13.1 Å². The third kappa shape index (κ3) is 3.78. The minimum absolute atomic E-state index is 0.242. The van der Waals surface area contributed by atoms with Gasteiger partial charge in [-0.1, -0.05) is 36.4 Å². The lowest BCUT2D eigenvalue weighted by Crippen LogP contribution is -2.29. The molecule has 4 rings (SSSR count). The molecule has 1 aliphatic heterocycles. The largest absolute Gasteiger partial charge is 0.344 e. The topological polar surface area (TPSA) is 25.2 Å². The minimum atomic E-state index is 0.242. The van der Waals surface area contributed by atoms with Gasteiger partial charge in [0.05, 0.1) is 6.54 Å². The Labute approximate surface area is 165 Å². The summed E-state index contributed by atoms with van der Waals surface area (Å²) in [6, 6.07) is 17.2. The molecule has 0 spiro atoms. The highest BCUT2D eigenvalue weighted by Crippen LogP contribution is 2.34. The van der Waals surface area contributed by atoms with Crippen LogP contribution in [0.2, 0.25) is 0 Å². The molecule has 1 unspecified atom stereocenters. The average molecular weight is 379 g/mol. The molecule has 1 atom stereocenters. The average Bonchev–Trinajstić information content (AvgIpc) is 3.40. The highest BCUT2D eigenvalue weighted by atomic mass is 32.1. The van der Waals surface area contributed by atoms with Gasteiger partial charge >= 0.3 is 0 Å². The summed E-state index contributed by atoms with van der Waals surface area (Å²) in [5.74, 6) is 0.242. The normalized spacial score (nSPS) is 17.5. The van der Waals surface area contributed by atoms with Gasteiger partial charge in [-0.15, -0.1) is 11.3 Å². The van der Waals surface area contributed by atoms with E-state index in [-0.39, 0.29) is 5.78 Å².